The maximum atomic E-state index is 12.1. The van der Waals surface area contributed by atoms with Crippen molar-refractivity contribution < 1.29 is 9.53 Å². The molecule has 2 rings (SSSR count). The first-order valence-electron chi connectivity index (χ1n) is 9.04. The number of aryl methyl sites for hydroxylation is 1. The number of rotatable bonds is 8. The van der Waals surface area contributed by atoms with Crippen molar-refractivity contribution in [1.82, 2.24) is 20.2 Å². The quantitative estimate of drug-likeness (QED) is 0.308. The van der Waals surface area contributed by atoms with Crippen LogP contribution < -0.4 is 10.6 Å². The van der Waals surface area contributed by atoms with E-state index in [-0.39, 0.29) is 36.0 Å². The number of carbonyl (C=O) groups excluding carboxylic acids is 1. The highest BCUT2D eigenvalue weighted by atomic mass is 127. The van der Waals surface area contributed by atoms with Crippen molar-refractivity contribution in [3.05, 3.63) is 40.0 Å². The minimum absolute atomic E-state index is 0. The molecular formula is C19H29IN6O2S. The van der Waals surface area contributed by atoms with E-state index in [9.17, 15) is 4.79 Å². The van der Waals surface area contributed by atoms with E-state index in [1.165, 1.54) is 0 Å². The fourth-order valence-electron chi connectivity index (χ4n) is 2.42. The number of hydrogen-bond acceptors (Lipinski definition) is 6. The Morgan fingerprint density at radius 2 is 2.17 bits per heavy atom. The number of halogens is 1. The number of thiazole rings is 1. The van der Waals surface area contributed by atoms with Gasteiger partial charge in [0, 0.05) is 45.7 Å². The van der Waals surface area contributed by atoms with Gasteiger partial charge in [0.25, 0.3) is 0 Å². The Kier molecular flexibility index (Phi) is 11.1. The van der Waals surface area contributed by atoms with Crippen molar-refractivity contribution >= 4 is 53.0 Å². The summed E-state index contributed by atoms with van der Waals surface area (Å²) in [6.07, 6.45) is 2.03. The average molecular weight is 532 g/mol. The van der Waals surface area contributed by atoms with Crippen LogP contribution in [0.25, 0.3) is 0 Å². The van der Waals surface area contributed by atoms with Crippen LogP contribution in [0.15, 0.2) is 28.7 Å². The lowest BCUT2D eigenvalue weighted by molar-refractivity contribution is -0.116. The minimum atomic E-state index is -0.0975. The number of aromatic nitrogens is 2. The number of pyridine rings is 1. The molecule has 0 fully saturated rings. The Balaban J connectivity index is 0.00000420. The molecule has 0 radical (unpaired) electrons. The summed E-state index contributed by atoms with van der Waals surface area (Å²) >= 11 is 1.59. The van der Waals surface area contributed by atoms with Gasteiger partial charge in [0.15, 0.2) is 5.96 Å². The standard InChI is InChI=1S/C19H28N6O2S.HI/c1-13-6-7-16(22-10-13)24-17(26)8-9-21-19(20-3)25(4)11-15-12-28-18(23-15)14(2)27-5;/h6-7,10,12,14H,8-9,11H2,1-5H3,(H,20,21)(H,22,24,26);1H. The summed E-state index contributed by atoms with van der Waals surface area (Å²) in [7, 11) is 5.33. The first-order valence-corrected chi connectivity index (χ1v) is 9.92. The van der Waals surface area contributed by atoms with Crippen molar-refractivity contribution in [1.29, 1.82) is 0 Å². The zero-order chi connectivity index (χ0) is 20.5. The molecule has 0 aliphatic rings. The number of nitrogens with one attached hydrogen (secondary N) is 2. The van der Waals surface area contributed by atoms with Gasteiger partial charge in [-0.15, -0.1) is 35.3 Å². The molecule has 0 aliphatic carbocycles. The zero-order valence-corrected chi connectivity index (χ0v) is 20.6. The summed E-state index contributed by atoms with van der Waals surface area (Å²) in [4.78, 5) is 27.1. The number of nitrogens with zero attached hydrogens (tertiary/aromatic N) is 4. The summed E-state index contributed by atoms with van der Waals surface area (Å²) < 4.78 is 5.30. The average Bonchev–Trinajstić information content (AvgIpc) is 3.14. The maximum Gasteiger partial charge on any atom is 0.227 e. The molecule has 1 atom stereocenters. The Labute approximate surface area is 193 Å². The summed E-state index contributed by atoms with van der Waals surface area (Å²) in [6.45, 7) is 5.02. The van der Waals surface area contributed by atoms with E-state index < -0.39 is 0 Å². The first-order chi connectivity index (χ1) is 13.4. The van der Waals surface area contributed by atoms with Gasteiger partial charge in [0.2, 0.25) is 5.91 Å². The van der Waals surface area contributed by atoms with Gasteiger partial charge in [-0.05, 0) is 25.5 Å². The SMILES string of the molecule is CN=C(NCCC(=O)Nc1ccc(C)cn1)N(C)Cc1csc(C(C)OC)n1.I. The molecule has 0 saturated carbocycles. The fourth-order valence-corrected chi connectivity index (χ4v) is 3.26. The lowest BCUT2D eigenvalue weighted by atomic mass is 10.3. The molecule has 0 saturated heterocycles. The van der Waals surface area contributed by atoms with Crippen LogP contribution >= 0.6 is 35.3 Å². The highest BCUT2D eigenvalue weighted by Crippen LogP contribution is 2.20. The third-order valence-electron chi connectivity index (χ3n) is 4.06. The number of hydrogen-bond donors (Lipinski definition) is 2. The monoisotopic (exact) mass is 532 g/mol. The van der Waals surface area contributed by atoms with Gasteiger partial charge in [0.1, 0.15) is 16.9 Å². The van der Waals surface area contributed by atoms with Crippen LogP contribution in [0.3, 0.4) is 0 Å². The van der Waals surface area contributed by atoms with Gasteiger partial charge in [-0.2, -0.15) is 0 Å². The van der Waals surface area contributed by atoms with Crippen molar-refractivity contribution in [2.24, 2.45) is 4.99 Å². The highest BCUT2D eigenvalue weighted by molar-refractivity contribution is 14.0. The van der Waals surface area contributed by atoms with Crippen LogP contribution in [0.5, 0.6) is 0 Å². The van der Waals surface area contributed by atoms with Crippen LogP contribution in [0.1, 0.15) is 35.7 Å². The number of carbonyl (C=O) groups is 1. The Hall–Kier alpha value is -1.79. The topological polar surface area (TPSA) is 91.7 Å². The molecule has 29 heavy (non-hydrogen) atoms. The van der Waals surface area contributed by atoms with E-state index in [1.54, 1.807) is 37.8 Å². The van der Waals surface area contributed by atoms with Crippen molar-refractivity contribution in [2.75, 3.05) is 33.1 Å². The van der Waals surface area contributed by atoms with E-state index in [1.807, 2.05) is 37.2 Å². The molecule has 2 aromatic heterocycles. The number of anilines is 1. The van der Waals surface area contributed by atoms with Crippen LogP contribution in [-0.2, 0) is 16.1 Å². The molecule has 1 amide bonds. The molecule has 0 aliphatic heterocycles. The third kappa shape index (κ3) is 8.23. The van der Waals surface area contributed by atoms with Gasteiger partial charge in [0.05, 0.1) is 12.2 Å². The molecule has 0 aromatic carbocycles. The Morgan fingerprint density at radius 3 is 2.79 bits per heavy atom. The summed E-state index contributed by atoms with van der Waals surface area (Å²) in [6, 6.07) is 3.70. The van der Waals surface area contributed by atoms with E-state index in [0.717, 1.165) is 16.3 Å². The van der Waals surface area contributed by atoms with Gasteiger partial charge in [-0.3, -0.25) is 9.79 Å². The lowest BCUT2D eigenvalue weighted by Gasteiger charge is -2.21. The smallest absolute Gasteiger partial charge is 0.227 e. The van der Waals surface area contributed by atoms with Crippen molar-refractivity contribution in [2.45, 2.75) is 32.9 Å². The number of ether oxygens (including phenoxy) is 1. The van der Waals surface area contributed by atoms with Crippen molar-refractivity contribution in [3.8, 4) is 0 Å². The lowest BCUT2D eigenvalue weighted by Crippen LogP contribution is -2.39. The third-order valence-corrected chi connectivity index (χ3v) is 5.11. The molecule has 0 bridgehead atoms. The van der Waals surface area contributed by atoms with Crippen LogP contribution in [0, 0.1) is 6.92 Å². The summed E-state index contributed by atoms with van der Waals surface area (Å²) in [5.74, 6) is 1.16. The predicted octanol–water partition coefficient (Wildman–Crippen LogP) is 3.21. The maximum absolute atomic E-state index is 12.1. The first kappa shape index (κ1) is 25.2. The van der Waals surface area contributed by atoms with Crippen molar-refractivity contribution in [3.63, 3.8) is 0 Å². The van der Waals surface area contributed by atoms with Gasteiger partial charge in [-0.25, -0.2) is 9.97 Å². The fraction of sp³-hybridized carbons (Fsp3) is 0.474. The molecular weight excluding hydrogens is 503 g/mol. The molecule has 10 heteroatoms. The molecule has 8 nitrogen and oxygen atoms in total. The molecule has 1 unspecified atom stereocenters. The second kappa shape index (κ2) is 12.7. The minimum Gasteiger partial charge on any atom is -0.375 e. The van der Waals surface area contributed by atoms with Crippen LogP contribution in [-0.4, -0.2) is 54.5 Å². The van der Waals surface area contributed by atoms with Gasteiger partial charge < -0.3 is 20.3 Å². The highest BCUT2D eigenvalue weighted by Gasteiger charge is 2.13. The Bertz CT molecular complexity index is 796. The van der Waals surface area contributed by atoms with E-state index in [2.05, 4.69) is 25.6 Å². The largest absolute Gasteiger partial charge is 0.375 e. The molecule has 160 valence electrons. The molecule has 2 N–H and O–H groups in total. The number of guanidine groups is 1. The Morgan fingerprint density at radius 1 is 1.41 bits per heavy atom. The number of methoxy groups -OCH3 is 1. The van der Waals surface area contributed by atoms with Gasteiger partial charge >= 0.3 is 0 Å². The molecule has 2 aromatic rings. The summed E-state index contributed by atoms with van der Waals surface area (Å²) in [5, 5.41) is 8.96. The second-order valence-corrected chi connectivity index (χ2v) is 7.29. The van der Waals surface area contributed by atoms with Crippen LogP contribution in [0.4, 0.5) is 5.82 Å². The molecule has 2 heterocycles. The van der Waals surface area contributed by atoms with E-state index in [4.69, 9.17) is 4.74 Å². The summed E-state index contributed by atoms with van der Waals surface area (Å²) in [5.41, 5.74) is 2.01. The van der Waals surface area contributed by atoms with E-state index in [0.29, 0.717) is 31.3 Å². The zero-order valence-electron chi connectivity index (χ0n) is 17.4. The number of aliphatic imine (C=N–C) groups is 1. The molecule has 0 spiro atoms. The number of amides is 1. The van der Waals surface area contributed by atoms with Gasteiger partial charge in [-0.1, -0.05) is 6.07 Å². The second-order valence-electron chi connectivity index (χ2n) is 6.40. The predicted molar refractivity (Wildman–Crippen MR) is 128 cm³/mol. The normalized spacial score (nSPS) is 12.1. The van der Waals surface area contributed by atoms with E-state index >= 15 is 0 Å². The van der Waals surface area contributed by atoms with Crippen LogP contribution in [0.2, 0.25) is 0 Å².